The van der Waals surface area contributed by atoms with E-state index in [0.29, 0.717) is 0 Å². The highest BCUT2D eigenvalue weighted by Crippen LogP contribution is 2.20. The van der Waals surface area contributed by atoms with Gasteiger partial charge in [-0.05, 0) is 20.3 Å². The molecule has 21 heavy (non-hydrogen) atoms. The van der Waals surface area contributed by atoms with Gasteiger partial charge in [-0.2, -0.15) is 0 Å². The van der Waals surface area contributed by atoms with Gasteiger partial charge in [-0.3, -0.25) is 9.69 Å². The molecule has 1 aromatic heterocycles. The second-order valence-corrected chi connectivity index (χ2v) is 6.97. The molecule has 1 aromatic rings. The molecule has 1 aliphatic rings. The molecule has 118 valence electrons. The van der Waals surface area contributed by atoms with Crippen LogP contribution in [0.3, 0.4) is 0 Å². The van der Waals surface area contributed by atoms with Crippen LogP contribution in [0.5, 0.6) is 0 Å². The van der Waals surface area contributed by atoms with E-state index in [1.54, 1.807) is 0 Å². The van der Waals surface area contributed by atoms with Crippen molar-refractivity contribution in [3.05, 3.63) is 17.0 Å². The molecular weight excluding hydrogens is 266 g/mol. The van der Waals surface area contributed by atoms with E-state index < -0.39 is 0 Å². The Labute approximate surface area is 127 Å². The van der Waals surface area contributed by atoms with Gasteiger partial charge in [-0.1, -0.05) is 25.9 Å². The van der Waals surface area contributed by atoms with Crippen LogP contribution in [0, 0.1) is 19.3 Å². The third kappa shape index (κ3) is 3.84. The van der Waals surface area contributed by atoms with Crippen molar-refractivity contribution in [2.45, 2.75) is 47.6 Å². The number of carbonyl (C=O) groups excluding carboxylic acids is 1. The molecule has 0 unspecified atom stereocenters. The molecule has 0 atom stereocenters. The number of hydrogen-bond acceptors (Lipinski definition) is 4. The third-order valence-electron chi connectivity index (χ3n) is 4.08. The average Bonchev–Trinajstić information content (AvgIpc) is 2.63. The van der Waals surface area contributed by atoms with Gasteiger partial charge in [0.05, 0.1) is 5.69 Å². The van der Waals surface area contributed by atoms with Crippen molar-refractivity contribution >= 4 is 5.91 Å². The molecule has 5 nitrogen and oxygen atoms in total. The summed E-state index contributed by atoms with van der Waals surface area (Å²) in [6, 6.07) is 0. The van der Waals surface area contributed by atoms with Crippen molar-refractivity contribution in [3.63, 3.8) is 0 Å². The summed E-state index contributed by atoms with van der Waals surface area (Å²) in [6.07, 6.45) is 1.02. The Morgan fingerprint density at radius 2 is 1.90 bits per heavy atom. The maximum atomic E-state index is 12.4. The standard InChI is InChI=1S/C16H27N3O2/c1-12-14(13(2)21-17-12)11-18-7-6-8-19(10-9-18)15(20)16(3,4)5/h6-11H2,1-5H3. The monoisotopic (exact) mass is 293 g/mol. The zero-order valence-electron chi connectivity index (χ0n) is 13.9. The van der Waals surface area contributed by atoms with E-state index in [2.05, 4.69) is 10.1 Å². The Hall–Kier alpha value is -1.36. The van der Waals surface area contributed by atoms with Gasteiger partial charge in [0.1, 0.15) is 5.76 Å². The van der Waals surface area contributed by atoms with Crippen LogP contribution in [0.15, 0.2) is 4.52 Å². The normalized spacial score (nSPS) is 17.9. The summed E-state index contributed by atoms with van der Waals surface area (Å²) >= 11 is 0. The van der Waals surface area contributed by atoms with Gasteiger partial charge in [0.15, 0.2) is 0 Å². The third-order valence-corrected chi connectivity index (χ3v) is 4.08. The number of aryl methyl sites for hydroxylation is 2. The Morgan fingerprint density at radius 3 is 2.48 bits per heavy atom. The van der Waals surface area contributed by atoms with E-state index in [-0.39, 0.29) is 11.3 Å². The van der Waals surface area contributed by atoms with Crippen LogP contribution in [0.25, 0.3) is 0 Å². The van der Waals surface area contributed by atoms with Crippen LogP contribution in [-0.2, 0) is 11.3 Å². The summed E-state index contributed by atoms with van der Waals surface area (Å²) in [4.78, 5) is 16.8. The lowest BCUT2D eigenvalue weighted by atomic mass is 9.94. The van der Waals surface area contributed by atoms with Gasteiger partial charge in [0, 0.05) is 43.7 Å². The van der Waals surface area contributed by atoms with Crippen molar-refractivity contribution in [1.29, 1.82) is 0 Å². The molecule has 0 aromatic carbocycles. The van der Waals surface area contributed by atoms with Gasteiger partial charge < -0.3 is 9.42 Å². The topological polar surface area (TPSA) is 49.6 Å². The number of amides is 1. The second-order valence-electron chi connectivity index (χ2n) is 6.97. The van der Waals surface area contributed by atoms with Crippen LogP contribution in [-0.4, -0.2) is 47.0 Å². The van der Waals surface area contributed by atoms with Gasteiger partial charge in [0.25, 0.3) is 0 Å². The first kappa shape index (κ1) is 16.0. The number of hydrogen-bond donors (Lipinski definition) is 0. The van der Waals surface area contributed by atoms with E-state index in [1.807, 2.05) is 39.5 Å². The SMILES string of the molecule is Cc1noc(C)c1CN1CCCN(C(=O)C(C)(C)C)CC1. The molecule has 0 aliphatic carbocycles. The predicted octanol–water partition coefficient (Wildman–Crippen LogP) is 2.37. The first-order valence-electron chi connectivity index (χ1n) is 7.72. The minimum absolute atomic E-state index is 0.252. The molecule has 0 saturated carbocycles. The first-order chi connectivity index (χ1) is 9.79. The minimum Gasteiger partial charge on any atom is -0.361 e. The number of nitrogens with zero attached hydrogens (tertiary/aromatic N) is 3. The van der Waals surface area contributed by atoms with Crippen molar-refractivity contribution in [1.82, 2.24) is 15.0 Å². The van der Waals surface area contributed by atoms with E-state index in [1.165, 1.54) is 5.56 Å². The van der Waals surface area contributed by atoms with E-state index in [9.17, 15) is 4.79 Å². The van der Waals surface area contributed by atoms with Crippen LogP contribution in [0.2, 0.25) is 0 Å². The van der Waals surface area contributed by atoms with Crippen molar-refractivity contribution in [2.75, 3.05) is 26.2 Å². The molecule has 5 heteroatoms. The van der Waals surface area contributed by atoms with Crippen molar-refractivity contribution in [3.8, 4) is 0 Å². The minimum atomic E-state index is -0.295. The van der Waals surface area contributed by atoms with Gasteiger partial charge in [0.2, 0.25) is 5.91 Å². The molecular formula is C16H27N3O2. The number of aromatic nitrogens is 1. The molecule has 0 bridgehead atoms. The Morgan fingerprint density at radius 1 is 1.19 bits per heavy atom. The molecule has 0 spiro atoms. The zero-order valence-corrected chi connectivity index (χ0v) is 13.9. The Balaban J connectivity index is 1.97. The Kier molecular flexibility index (Phi) is 4.71. The zero-order chi connectivity index (χ0) is 15.6. The molecule has 1 amide bonds. The fourth-order valence-electron chi connectivity index (χ4n) is 2.76. The molecule has 1 fully saturated rings. The number of carbonyl (C=O) groups is 1. The quantitative estimate of drug-likeness (QED) is 0.840. The van der Waals surface area contributed by atoms with Crippen LogP contribution in [0.1, 0.15) is 44.2 Å². The summed E-state index contributed by atoms with van der Waals surface area (Å²) < 4.78 is 5.23. The first-order valence-corrected chi connectivity index (χ1v) is 7.72. The highest BCUT2D eigenvalue weighted by atomic mass is 16.5. The van der Waals surface area contributed by atoms with Crippen molar-refractivity contribution in [2.24, 2.45) is 5.41 Å². The fourth-order valence-corrected chi connectivity index (χ4v) is 2.76. The van der Waals surface area contributed by atoms with Crippen LogP contribution in [0.4, 0.5) is 0 Å². The van der Waals surface area contributed by atoms with Crippen LogP contribution < -0.4 is 0 Å². The van der Waals surface area contributed by atoms with E-state index in [0.717, 1.165) is 50.6 Å². The molecule has 1 saturated heterocycles. The summed E-state index contributed by atoms with van der Waals surface area (Å²) in [5, 5.41) is 4.01. The molecule has 0 N–H and O–H groups in total. The maximum absolute atomic E-state index is 12.4. The van der Waals surface area contributed by atoms with Gasteiger partial charge in [-0.15, -0.1) is 0 Å². The second kappa shape index (κ2) is 6.18. The summed E-state index contributed by atoms with van der Waals surface area (Å²) in [6.45, 7) is 14.4. The lowest BCUT2D eigenvalue weighted by Crippen LogP contribution is -2.41. The summed E-state index contributed by atoms with van der Waals surface area (Å²) in [5.41, 5.74) is 1.86. The van der Waals surface area contributed by atoms with Crippen molar-refractivity contribution < 1.29 is 9.32 Å². The Bertz CT molecular complexity index is 483. The fraction of sp³-hybridized carbons (Fsp3) is 0.750. The van der Waals surface area contributed by atoms with Gasteiger partial charge in [-0.25, -0.2) is 0 Å². The summed E-state index contributed by atoms with van der Waals surface area (Å²) in [7, 11) is 0. The highest BCUT2D eigenvalue weighted by Gasteiger charge is 2.28. The van der Waals surface area contributed by atoms with Crippen LogP contribution >= 0.6 is 0 Å². The lowest BCUT2D eigenvalue weighted by molar-refractivity contribution is -0.139. The lowest BCUT2D eigenvalue weighted by Gasteiger charge is -2.28. The largest absolute Gasteiger partial charge is 0.361 e. The molecule has 2 rings (SSSR count). The summed E-state index contributed by atoms with van der Waals surface area (Å²) in [5.74, 6) is 1.15. The van der Waals surface area contributed by atoms with E-state index >= 15 is 0 Å². The maximum Gasteiger partial charge on any atom is 0.227 e. The molecule has 0 radical (unpaired) electrons. The predicted molar refractivity (Wildman–Crippen MR) is 81.9 cm³/mol. The highest BCUT2D eigenvalue weighted by molar-refractivity contribution is 5.81. The van der Waals surface area contributed by atoms with Gasteiger partial charge >= 0.3 is 0 Å². The van der Waals surface area contributed by atoms with E-state index in [4.69, 9.17) is 4.52 Å². The molecule has 1 aliphatic heterocycles. The number of rotatable bonds is 2. The molecule has 2 heterocycles. The average molecular weight is 293 g/mol. The smallest absolute Gasteiger partial charge is 0.227 e.